The van der Waals surface area contributed by atoms with Crippen LogP contribution in [0.3, 0.4) is 0 Å². The molecule has 8 rings (SSSR count). The molecule has 0 heterocycles. The molecule has 0 bridgehead atoms. The lowest BCUT2D eigenvalue weighted by molar-refractivity contribution is 0.155. The molecule has 2 fully saturated rings. The molecule has 0 amide bonds. The highest BCUT2D eigenvalue weighted by atomic mass is 14.4. The first-order valence-corrected chi connectivity index (χ1v) is 15.4. The summed E-state index contributed by atoms with van der Waals surface area (Å²) in [6, 6.07) is 43.3. The topological polar surface area (TPSA) is 0 Å². The molecule has 3 unspecified atom stereocenters. The van der Waals surface area contributed by atoms with Crippen LogP contribution in [0.5, 0.6) is 0 Å². The highest BCUT2D eigenvalue weighted by Gasteiger charge is 2.32. The number of benzene rings is 6. The van der Waals surface area contributed by atoms with Gasteiger partial charge in [-0.25, -0.2) is 0 Å². The van der Waals surface area contributed by atoms with Gasteiger partial charge in [-0.1, -0.05) is 141 Å². The van der Waals surface area contributed by atoms with Gasteiger partial charge in [0.05, 0.1) is 0 Å². The fourth-order valence-electron chi connectivity index (χ4n) is 8.30. The van der Waals surface area contributed by atoms with E-state index in [1.807, 2.05) is 0 Å². The lowest BCUT2D eigenvalue weighted by atomic mass is 9.66. The van der Waals surface area contributed by atoms with Gasteiger partial charge in [-0.15, -0.1) is 0 Å². The Balaban J connectivity index is 1.33. The van der Waals surface area contributed by atoms with E-state index in [9.17, 15) is 0 Å². The maximum atomic E-state index is 2.54. The van der Waals surface area contributed by atoms with E-state index < -0.39 is 0 Å². The summed E-state index contributed by atoms with van der Waals surface area (Å²) >= 11 is 0. The van der Waals surface area contributed by atoms with Crippen LogP contribution in [0.2, 0.25) is 0 Å². The molecule has 0 spiro atoms. The van der Waals surface area contributed by atoms with Gasteiger partial charge in [0, 0.05) is 0 Å². The normalized spacial score (nSPS) is 21.1. The molecule has 0 aromatic heterocycles. The molecule has 0 heteroatoms. The third-order valence-electron chi connectivity index (χ3n) is 10.2. The SMILES string of the molecule is c1cc(-c2c3ccccc3c(-c3cccc4ccccc34)c3ccccc23)cc(C2CCC3CCCCC3C2)c1. The van der Waals surface area contributed by atoms with Crippen molar-refractivity contribution in [2.45, 2.75) is 50.9 Å². The molecule has 6 aromatic rings. The summed E-state index contributed by atoms with van der Waals surface area (Å²) in [4.78, 5) is 0. The predicted octanol–water partition coefficient (Wildman–Crippen LogP) is 11.6. The molecular formula is C40H36. The zero-order chi connectivity index (χ0) is 26.5. The van der Waals surface area contributed by atoms with E-state index in [2.05, 4.69) is 115 Å². The Morgan fingerprint density at radius 2 is 1.05 bits per heavy atom. The van der Waals surface area contributed by atoms with Crippen molar-refractivity contribution in [2.24, 2.45) is 11.8 Å². The second-order valence-electron chi connectivity index (χ2n) is 12.3. The quantitative estimate of drug-likeness (QED) is 0.205. The lowest BCUT2D eigenvalue weighted by Gasteiger charge is -2.39. The van der Waals surface area contributed by atoms with Crippen LogP contribution in [0, 0.1) is 11.8 Å². The molecule has 2 aliphatic rings. The lowest BCUT2D eigenvalue weighted by Crippen LogP contribution is -2.26. The van der Waals surface area contributed by atoms with Gasteiger partial charge >= 0.3 is 0 Å². The van der Waals surface area contributed by atoms with Crippen molar-refractivity contribution in [2.75, 3.05) is 0 Å². The van der Waals surface area contributed by atoms with Crippen LogP contribution < -0.4 is 0 Å². The van der Waals surface area contributed by atoms with E-state index in [0.717, 1.165) is 11.8 Å². The minimum atomic E-state index is 0.701. The van der Waals surface area contributed by atoms with Crippen molar-refractivity contribution < 1.29 is 0 Å². The molecule has 2 saturated carbocycles. The third-order valence-corrected chi connectivity index (χ3v) is 10.2. The second kappa shape index (κ2) is 9.93. The molecule has 0 nitrogen and oxygen atoms in total. The van der Waals surface area contributed by atoms with Crippen LogP contribution >= 0.6 is 0 Å². The molecule has 0 N–H and O–H groups in total. The van der Waals surface area contributed by atoms with Crippen LogP contribution in [-0.2, 0) is 0 Å². The predicted molar refractivity (Wildman–Crippen MR) is 172 cm³/mol. The molecule has 6 aromatic carbocycles. The maximum absolute atomic E-state index is 2.54. The van der Waals surface area contributed by atoms with Crippen molar-refractivity contribution in [1.82, 2.24) is 0 Å². The van der Waals surface area contributed by atoms with E-state index in [-0.39, 0.29) is 0 Å². The van der Waals surface area contributed by atoms with Gasteiger partial charge in [-0.05, 0) is 97.2 Å². The summed E-state index contributed by atoms with van der Waals surface area (Å²) in [7, 11) is 0. The average molecular weight is 517 g/mol. The Morgan fingerprint density at radius 1 is 0.450 bits per heavy atom. The van der Waals surface area contributed by atoms with E-state index in [0.29, 0.717) is 5.92 Å². The fourth-order valence-corrected chi connectivity index (χ4v) is 8.30. The minimum Gasteiger partial charge on any atom is -0.0616 e. The maximum Gasteiger partial charge on any atom is -0.00201 e. The van der Waals surface area contributed by atoms with Gasteiger partial charge in [0.15, 0.2) is 0 Å². The van der Waals surface area contributed by atoms with Gasteiger partial charge in [0.25, 0.3) is 0 Å². The standard InChI is InChI=1S/C40H36/c1-2-13-29-25-31(24-23-27(29)11-1)30-15-9-16-32(26-30)39-35-18-5-7-20-37(35)40(38-21-8-6-19-36(38)39)34-22-10-14-28-12-3-4-17-33(28)34/h3-10,12,14-22,26-27,29,31H,1-2,11,13,23-25H2. The number of fused-ring (bicyclic) bond motifs is 4. The van der Waals surface area contributed by atoms with Crippen molar-refractivity contribution in [3.63, 3.8) is 0 Å². The summed E-state index contributed by atoms with van der Waals surface area (Å²) in [6.07, 6.45) is 9.97. The van der Waals surface area contributed by atoms with Crippen molar-refractivity contribution in [1.29, 1.82) is 0 Å². The van der Waals surface area contributed by atoms with Gasteiger partial charge in [0.1, 0.15) is 0 Å². The smallest absolute Gasteiger partial charge is 0.00201 e. The highest BCUT2D eigenvalue weighted by Crippen LogP contribution is 2.48. The molecule has 0 saturated heterocycles. The van der Waals surface area contributed by atoms with Crippen molar-refractivity contribution >= 4 is 32.3 Å². The summed E-state index contributed by atoms with van der Waals surface area (Å²) in [5, 5.41) is 7.96. The van der Waals surface area contributed by atoms with E-state index in [1.165, 1.54) is 99.5 Å². The van der Waals surface area contributed by atoms with Crippen LogP contribution in [0.15, 0.2) is 115 Å². The van der Waals surface area contributed by atoms with E-state index in [4.69, 9.17) is 0 Å². The van der Waals surface area contributed by atoms with Gasteiger partial charge in [-0.2, -0.15) is 0 Å². The van der Waals surface area contributed by atoms with Crippen LogP contribution in [-0.4, -0.2) is 0 Å². The zero-order valence-corrected chi connectivity index (χ0v) is 23.2. The Morgan fingerprint density at radius 3 is 1.80 bits per heavy atom. The highest BCUT2D eigenvalue weighted by molar-refractivity contribution is 6.23. The van der Waals surface area contributed by atoms with E-state index in [1.54, 1.807) is 5.56 Å². The van der Waals surface area contributed by atoms with Crippen molar-refractivity contribution in [3.05, 3.63) is 121 Å². The summed E-state index contributed by atoms with van der Waals surface area (Å²) in [5.74, 6) is 2.63. The second-order valence-corrected chi connectivity index (χ2v) is 12.3. The monoisotopic (exact) mass is 516 g/mol. The molecule has 196 valence electrons. The third kappa shape index (κ3) is 3.96. The van der Waals surface area contributed by atoms with Gasteiger partial charge in [0.2, 0.25) is 0 Å². The number of hydrogen-bond donors (Lipinski definition) is 0. The Bertz CT molecular complexity index is 1800. The number of hydrogen-bond acceptors (Lipinski definition) is 0. The van der Waals surface area contributed by atoms with Crippen LogP contribution in [0.25, 0.3) is 54.6 Å². The first kappa shape index (κ1) is 23.9. The Hall–Kier alpha value is -3.90. The van der Waals surface area contributed by atoms with Crippen molar-refractivity contribution in [3.8, 4) is 22.3 Å². The molecule has 2 aliphatic carbocycles. The first-order valence-electron chi connectivity index (χ1n) is 15.4. The van der Waals surface area contributed by atoms with Gasteiger partial charge in [-0.3, -0.25) is 0 Å². The average Bonchev–Trinajstić information content (AvgIpc) is 3.03. The first-order chi connectivity index (χ1) is 19.8. The van der Waals surface area contributed by atoms with Crippen LogP contribution in [0.1, 0.15) is 56.4 Å². The summed E-state index contributed by atoms with van der Waals surface area (Å²) in [6.45, 7) is 0. The molecular weight excluding hydrogens is 480 g/mol. The Kier molecular flexibility index (Phi) is 5.95. The Labute approximate surface area is 237 Å². The molecule has 0 radical (unpaired) electrons. The zero-order valence-electron chi connectivity index (χ0n) is 23.2. The summed E-state index contributed by atoms with van der Waals surface area (Å²) in [5.41, 5.74) is 6.95. The molecule has 40 heavy (non-hydrogen) atoms. The minimum absolute atomic E-state index is 0.701. The molecule has 0 aliphatic heterocycles. The number of rotatable bonds is 3. The fraction of sp³-hybridized carbons (Fsp3) is 0.250. The molecule has 3 atom stereocenters. The largest absolute Gasteiger partial charge is 0.0616 e. The van der Waals surface area contributed by atoms with E-state index >= 15 is 0 Å². The van der Waals surface area contributed by atoms with Gasteiger partial charge < -0.3 is 0 Å². The van der Waals surface area contributed by atoms with Crippen LogP contribution in [0.4, 0.5) is 0 Å². The summed E-state index contributed by atoms with van der Waals surface area (Å²) < 4.78 is 0.